The lowest BCUT2D eigenvalue weighted by molar-refractivity contribution is 0.261. The van der Waals surface area contributed by atoms with Crippen LogP contribution in [0, 0.1) is 0 Å². The predicted octanol–water partition coefficient (Wildman–Crippen LogP) is 2.43. The quantitative estimate of drug-likeness (QED) is 0.907. The molecule has 2 unspecified atom stereocenters. The monoisotopic (exact) mass is 271 g/mol. The minimum atomic E-state index is 0.407. The maximum atomic E-state index is 5.70. The van der Waals surface area contributed by atoms with Crippen LogP contribution in [0.1, 0.15) is 24.8 Å². The molecule has 20 heavy (non-hydrogen) atoms. The summed E-state index contributed by atoms with van der Waals surface area (Å²) < 4.78 is 7.67. The van der Waals surface area contributed by atoms with Gasteiger partial charge in [0.1, 0.15) is 5.75 Å². The Kier molecular flexibility index (Phi) is 4.02. The summed E-state index contributed by atoms with van der Waals surface area (Å²) in [7, 11) is 0. The number of benzene rings is 1. The fraction of sp³-hybridized carbons (Fsp3) is 0.438. The normalized spacial score (nSPS) is 19.1. The number of rotatable bonds is 5. The Morgan fingerprint density at radius 2 is 2.30 bits per heavy atom. The molecule has 2 heterocycles. The zero-order chi connectivity index (χ0) is 13.8. The van der Waals surface area contributed by atoms with Gasteiger partial charge in [0.15, 0.2) is 0 Å². The van der Waals surface area contributed by atoms with Crippen LogP contribution in [-0.2, 0) is 6.54 Å². The van der Waals surface area contributed by atoms with E-state index < -0.39 is 0 Å². The predicted molar refractivity (Wildman–Crippen MR) is 79.0 cm³/mol. The van der Waals surface area contributed by atoms with Gasteiger partial charge in [-0.25, -0.2) is 0 Å². The average Bonchev–Trinajstić information content (AvgIpc) is 2.98. The topological polar surface area (TPSA) is 39.1 Å². The van der Waals surface area contributed by atoms with E-state index in [1.807, 2.05) is 29.2 Å². The molecule has 1 aromatic carbocycles. The third-order valence-corrected chi connectivity index (χ3v) is 3.82. The van der Waals surface area contributed by atoms with Gasteiger partial charge < -0.3 is 10.1 Å². The van der Waals surface area contributed by atoms with Gasteiger partial charge >= 0.3 is 0 Å². The molecule has 4 heteroatoms. The number of aromatic nitrogens is 2. The third kappa shape index (κ3) is 3.02. The van der Waals surface area contributed by atoms with E-state index in [0.717, 1.165) is 31.9 Å². The van der Waals surface area contributed by atoms with Crippen LogP contribution in [0.25, 0.3) is 0 Å². The zero-order valence-corrected chi connectivity index (χ0v) is 11.8. The van der Waals surface area contributed by atoms with Crippen LogP contribution in [0.4, 0.5) is 0 Å². The van der Waals surface area contributed by atoms with Crippen molar-refractivity contribution >= 4 is 0 Å². The SMILES string of the molecule is CC(Cn1cccn1)NCC1CCOc2ccccc21. The molecule has 0 amide bonds. The number of nitrogens with zero attached hydrogens (tertiary/aromatic N) is 2. The van der Waals surface area contributed by atoms with Crippen LogP contribution in [0.3, 0.4) is 0 Å². The van der Waals surface area contributed by atoms with E-state index >= 15 is 0 Å². The van der Waals surface area contributed by atoms with Gasteiger partial charge in [0.25, 0.3) is 0 Å². The van der Waals surface area contributed by atoms with Crippen LogP contribution in [0.2, 0.25) is 0 Å². The first-order valence-corrected chi connectivity index (χ1v) is 7.25. The van der Waals surface area contributed by atoms with Gasteiger partial charge in [-0.1, -0.05) is 18.2 Å². The molecule has 2 aromatic rings. The van der Waals surface area contributed by atoms with Crippen molar-refractivity contribution in [3.63, 3.8) is 0 Å². The zero-order valence-electron chi connectivity index (χ0n) is 11.8. The van der Waals surface area contributed by atoms with E-state index in [4.69, 9.17) is 4.74 Å². The summed E-state index contributed by atoms with van der Waals surface area (Å²) in [6.45, 7) is 4.91. The van der Waals surface area contributed by atoms with Crippen LogP contribution >= 0.6 is 0 Å². The molecule has 0 fully saturated rings. The lowest BCUT2D eigenvalue weighted by Crippen LogP contribution is -2.35. The van der Waals surface area contributed by atoms with Gasteiger partial charge in [-0.15, -0.1) is 0 Å². The molecule has 0 saturated heterocycles. The second-order valence-electron chi connectivity index (χ2n) is 5.41. The van der Waals surface area contributed by atoms with E-state index in [1.54, 1.807) is 0 Å². The molecule has 0 aliphatic carbocycles. The van der Waals surface area contributed by atoms with Crippen molar-refractivity contribution in [3.05, 3.63) is 48.3 Å². The van der Waals surface area contributed by atoms with Crippen molar-refractivity contribution in [2.45, 2.75) is 31.8 Å². The van der Waals surface area contributed by atoms with Gasteiger partial charge in [0.05, 0.1) is 13.2 Å². The molecular weight excluding hydrogens is 250 g/mol. The van der Waals surface area contributed by atoms with Crippen molar-refractivity contribution in [3.8, 4) is 5.75 Å². The number of fused-ring (bicyclic) bond motifs is 1. The molecule has 0 bridgehead atoms. The van der Waals surface area contributed by atoms with Crippen LogP contribution < -0.4 is 10.1 Å². The highest BCUT2D eigenvalue weighted by molar-refractivity contribution is 5.37. The first-order valence-electron chi connectivity index (χ1n) is 7.25. The Morgan fingerprint density at radius 3 is 3.15 bits per heavy atom. The van der Waals surface area contributed by atoms with Crippen molar-refractivity contribution in [1.82, 2.24) is 15.1 Å². The van der Waals surface area contributed by atoms with Gasteiger partial charge in [-0.2, -0.15) is 5.10 Å². The summed E-state index contributed by atoms with van der Waals surface area (Å²) in [5, 5.41) is 7.86. The highest BCUT2D eigenvalue weighted by atomic mass is 16.5. The molecule has 1 aliphatic rings. The van der Waals surface area contributed by atoms with E-state index in [0.29, 0.717) is 12.0 Å². The summed E-state index contributed by atoms with van der Waals surface area (Å²) in [5.74, 6) is 1.59. The first-order chi connectivity index (χ1) is 9.83. The van der Waals surface area contributed by atoms with E-state index in [1.165, 1.54) is 5.56 Å². The summed E-state index contributed by atoms with van der Waals surface area (Å²) in [5.41, 5.74) is 1.33. The molecule has 3 rings (SSSR count). The lowest BCUT2D eigenvalue weighted by Gasteiger charge is -2.27. The summed E-state index contributed by atoms with van der Waals surface area (Å²) in [6, 6.07) is 10.7. The Morgan fingerprint density at radius 1 is 1.40 bits per heavy atom. The molecule has 1 aliphatic heterocycles. The Balaban J connectivity index is 1.56. The van der Waals surface area contributed by atoms with Crippen LogP contribution in [0.15, 0.2) is 42.7 Å². The van der Waals surface area contributed by atoms with Crippen molar-refractivity contribution in [2.75, 3.05) is 13.2 Å². The second-order valence-corrected chi connectivity index (χ2v) is 5.41. The first kappa shape index (κ1) is 13.2. The maximum Gasteiger partial charge on any atom is 0.122 e. The van der Waals surface area contributed by atoms with Crippen molar-refractivity contribution < 1.29 is 4.74 Å². The smallest absolute Gasteiger partial charge is 0.122 e. The Bertz CT molecular complexity index is 538. The molecule has 0 radical (unpaired) electrons. The number of para-hydroxylation sites is 1. The van der Waals surface area contributed by atoms with Crippen LogP contribution in [0.5, 0.6) is 5.75 Å². The minimum Gasteiger partial charge on any atom is -0.493 e. The molecule has 1 aromatic heterocycles. The van der Waals surface area contributed by atoms with Crippen molar-refractivity contribution in [2.24, 2.45) is 0 Å². The van der Waals surface area contributed by atoms with E-state index in [2.05, 4.69) is 35.5 Å². The van der Waals surface area contributed by atoms with Gasteiger partial charge in [-0.3, -0.25) is 4.68 Å². The highest BCUT2D eigenvalue weighted by Gasteiger charge is 2.21. The molecule has 0 spiro atoms. The average molecular weight is 271 g/mol. The fourth-order valence-electron chi connectivity index (χ4n) is 2.72. The highest BCUT2D eigenvalue weighted by Crippen LogP contribution is 2.32. The molecule has 106 valence electrons. The van der Waals surface area contributed by atoms with Gasteiger partial charge in [0, 0.05) is 30.9 Å². The fourth-order valence-corrected chi connectivity index (χ4v) is 2.72. The summed E-state index contributed by atoms with van der Waals surface area (Å²) in [6.07, 6.45) is 4.90. The Hall–Kier alpha value is -1.81. The van der Waals surface area contributed by atoms with Crippen LogP contribution in [-0.4, -0.2) is 29.0 Å². The van der Waals surface area contributed by atoms with Gasteiger partial charge in [0.2, 0.25) is 0 Å². The molecular formula is C16H21N3O. The molecule has 2 atom stereocenters. The van der Waals surface area contributed by atoms with Gasteiger partial charge in [-0.05, 0) is 31.0 Å². The number of nitrogens with one attached hydrogen (secondary N) is 1. The standard InChI is InChI=1S/C16H21N3O/c1-13(12-19-9-4-8-18-19)17-11-14-7-10-20-16-6-3-2-5-15(14)16/h2-6,8-9,13-14,17H,7,10-12H2,1H3. The molecule has 4 nitrogen and oxygen atoms in total. The van der Waals surface area contributed by atoms with Crippen molar-refractivity contribution in [1.29, 1.82) is 0 Å². The second kappa shape index (κ2) is 6.09. The summed E-state index contributed by atoms with van der Waals surface area (Å²) >= 11 is 0. The number of ether oxygens (including phenoxy) is 1. The van der Waals surface area contributed by atoms with E-state index in [-0.39, 0.29) is 0 Å². The van der Waals surface area contributed by atoms with E-state index in [9.17, 15) is 0 Å². The number of hydrogen-bond acceptors (Lipinski definition) is 3. The molecule has 1 N–H and O–H groups in total. The summed E-state index contributed by atoms with van der Waals surface area (Å²) in [4.78, 5) is 0. The third-order valence-electron chi connectivity index (χ3n) is 3.82. The lowest BCUT2D eigenvalue weighted by atomic mass is 9.93. The molecule has 0 saturated carbocycles. The maximum absolute atomic E-state index is 5.70. The largest absolute Gasteiger partial charge is 0.493 e. The number of hydrogen-bond donors (Lipinski definition) is 1. The minimum absolute atomic E-state index is 0.407. The Labute approximate surface area is 119 Å².